The highest BCUT2D eigenvalue weighted by molar-refractivity contribution is 6.02. The van der Waals surface area contributed by atoms with Crippen LogP contribution in [-0.4, -0.2) is 65.2 Å². The van der Waals surface area contributed by atoms with Crippen LogP contribution in [0.1, 0.15) is 22.5 Å². The zero-order valence-corrected chi connectivity index (χ0v) is 20.8. The lowest BCUT2D eigenvalue weighted by Crippen LogP contribution is -2.42. The Balaban J connectivity index is 1.37. The molecular formula is C27H26F2N6O3. The molecule has 6 rings (SSSR count). The quantitative estimate of drug-likeness (QED) is 0.378. The largest absolute Gasteiger partial charge is 0.435 e. The number of aromatic amines is 1. The fraction of sp³-hybridized carbons (Fsp3) is 0.296. The molecule has 4 aromatic rings. The Morgan fingerprint density at radius 2 is 1.92 bits per heavy atom. The van der Waals surface area contributed by atoms with Gasteiger partial charge in [-0.05, 0) is 37.6 Å². The third-order valence-corrected chi connectivity index (χ3v) is 6.76. The predicted molar refractivity (Wildman–Crippen MR) is 138 cm³/mol. The number of morpholine rings is 1. The predicted octanol–water partition coefficient (Wildman–Crippen LogP) is 4.76. The first-order valence-corrected chi connectivity index (χ1v) is 12.5. The number of ether oxygens (including phenoxy) is 2. The summed E-state index contributed by atoms with van der Waals surface area (Å²) in [5.41, 5.74) is 2.42. The van der Waals surface area contributed by atoms with Gasteiger partial charge in [-0.15, -0.1) is 0 Å². The van der Waals surface area contributed by atoms with Crippen molar-refractivity contribution < 1.29 is 23.0 Å². The van der Waals surface area contributed by atoms with Crippen molar-refractivity contribution in [2.75, 3.05) is 49.6 Å². The van der Waals surface area contributed by atoms with E-state index in [-0.39, 0.29) is 39.8 Å². The second kappa shape index (κ2) is 9.90. The molecule has 2 fully saturated rings. The number of amides is 1. The Bertz CT molecular complexity index is 1510. The number of hydrogen-bond acceptors (Lipinski definition) is 7. The summed E-state index contributed by atoms with van der Waals surface area (Å²) in [5, 5.41) is 3.27. The molecule has 2 aliphatic heterocycles. The maximum Gasteiger partial charge on any atom is 0.263 e. The Morgan fingerprint density at radius 3 is 2.68 bits per heavy atom. The number of likely N-dealkylation sites (tertiary alicyclic amines) is 1. The van der Waals surface area contributed by atoms with Crippen molar-refractivity contribution in [3.05, 3.63) is 65.6 Å². The van der Waals surface area contributed by atoms with Crippen LogP contribution in [0, 0.1) is 18.6 Å². The number of aromatic nitrogens is 3. The second-order valence-corrected chi connectivity index (χ2v) is 9.34. The van der Waals surface area contributed by atoms with Crippen molar-refractivity contribution >= 4 is 34.0 Å². The van der Waals surface area contributed by atoms with Gasteiger partial charge in [0.2, 0.25) is 5.88 Å². The van der Waals surface area contributed by atoms with E-state index in [9.17, 15) is 9.18 Å². The molecule has 0 spiro atoms. The number of rotatable bonds is 6. The van der Waals surface area contributed by atoms with Gasteiger partial charge >= 0.3 is 0 Å². The van der Waals surface area contributed by atoms with Crippen molar-refractivity contribution in [1.29, 1.82) is 0 Å². The number of hydrogen-bond donors (Lipinski definition) is 2. The summed E-state index contributed by atoms with van der Waals surface area (Å²) >= 11 is 0. The van der Waals surface area contributed by atoms with E-state index in [0.717, 1.165) is 31.3 Å². The summed E-state index contributed by atoms with van der Waals surface area (Å²) in [7, 11) is 0. The molecule has 11 heteroatoms. The Labute approximate surface area is 217 Å². The number of aryl methyl sites for hydroxylation is 1. The summed E-state index contributed by atoms with van der Waals surface area (Å²) in [4.78, 5) is 28.6. The van der Waals surface area contributed by atoms with Gasteiger partial charge < -0.3 is 29.6 Å². The van der Waals surface area contributed by atoms with E-state index in [1.54, 1.807) is 11.8 Å². The second-order valence-electron chi connectivity index (χ2n) is 9.34. The lowest BCUT2D eigenvalue weighted by molar-refractivity contribution is 0.0649. The normalized spacial score (nSPS) is 15.4. The van der Waals surface area contributed by atoms with Gasteiger partial charge in [0.15, 0.2) is 23.2 Å². The van der Waals surface area contributed by atoms with Gasteiger partial charge in [0.05, 0.1) is 18.7 Å². The number of halogens is 2. The molecule has 9 nitrogen and oxygen atoms in total. The SMILES string of the molecule is Cc1cc2c(F)c(Oc3ncnc(Nc4cccc(N5CCOCC5)c4)c3C(=O)N3CCC3)cc(F)c2[nH]1. The zero-order chi connectivity index (χ0) is 26.2. The number of anilines is 3. The topological polar surface area (TPSA) is 95.6 Å². The van der Waals surface area contributed by atoms with Crippen molar-refractivity contribution in [2.45, 2.75) is 13.3 Å². The number of carbonyl (C=O) groups is 1. The van der Waals surface area contributed by atoms with Crippen LogP contribution in [-0.2, 0) is 4.74 Å². The van der Waals surface area contributed by atoms with Crippen LogP contribution in [0.25, 0.3) is 10.9 Å². The van der Waals surface area contributed by atoms with E-state index < -0.39 is 11.6 Å². The van der Waals surface area contributed by atoms with Crippen LogP contribution in [0.15, 0.2) is 42.7 Å². The van der Waals surface area contributed by atoms with Gasteiger partial charge in [-0.3, -0.25) is 4.79 Å². The van der Waals surface area contributed by atoms with Crippen LogP contribution in [0.4, 0.5) is 26.0 Å². The molecule has 0 atom stereocenters. The average Bonchev–Trinajstić information content (AvgIpc) is 3.29. The number of nitrogens with zero attached hydrogens (tertiary/aromatic N) is 4. The molecule has 0 aliphatic carbocycles. The lowest BCUT2D eigenvalue weighted by Gasteiger charge is -2.31. The van der Waals surface area contributed by atoms with Gasteiger partial charge in [0.25, 0.3) is 5.91 Å². The van der Waals surface area contributed by atoms with Crippen molar-refractivity contribution in [2.24, 2.45) is 0 Å². The maximum absolute atomic E-state index is 15.3. The summed E-state index contributed by atoms with van der Waals surface area (Å²) in [6.07, 6.45) is 2.10. The summed E-state index contributed by atoms with van der Waals surface area (Å²) in [5.74, 6) is -2.09. The minimum absolute atomic E-state index is 0.0501. The van der Waals surface area contributed by atoms with E-state index >= 15 is 4.39 Å². The first-order valence-electron chi connectivity index (χ1n) is 12.5. The van der Waals surface area contributed by atoms with Gasteiger partial charge in [0.1, 0.15) is 11.9 Å². The van der Waals surface area contributed by atoms with E-state index in [2.05, 4.69) is 25.2 Å². The number of nitrogens with one attached hydrogen (secondary N) is 2. The minimum Gasteiger partial charge on any atom is -0.435 e. The molecular weight excluding hydrogens is 494 g/mol. The third-order valence-electron chi connectivity index (χ3n) is 6.76. The minimum atomic E-state index is -0.751. The molecule has 4 heterocycles. The highest BCUT2D eigenvalue weighted by Gasteiger charge is 2.30. The van der Waals surface area contributed by atoms with Gasteiger partial charge in [-0.1, -0.05) is 6.07 Å². The van der Waals surface area contributed by atoms with Crippen LogP contribution >= 0.6 is 0 Å². The number of benzene rings is 2. The Hall–Kier alpha value is -4.25. The molecule has 196 valence electrons. The lowest BCUT2D eigenvalue weighted by atomic mass is 10.1. The Kier molecular flexibility index (Phi) is 6.28. The molecule has 2 aromatic heterocycles. The molecule has 38 heavy (non-hydrogen) atoms. The van der Waals surface area contributed by atoms with Crippen molar-refractivity contribution in [3.63, 3.8) is 0 Å². The van der Waals surface area contributed by atoms with E-state index in [0.29, 0.717) is 37.7 Å². The van der Waals surface area contributed by atoms with Gasteiger partial charge in [-0.25, -0.2) is 18.7 Å². The fourth-order valence-corrected chi connectivity index (χ4v) is 4.66. The summed E-state index contributed by atoms with van der Waals surface area (Å²) in [6, 6.07) is 10.2. The molecule has 2 aliphatic rings. The summed E-state index contributed by atoms with van der Waals surface area (Å²) < 4.78 is 41.3. The highest BCUT2D eigenvalue weighted by atomic mass is 19.1. The number of H-pyrrole nitrogens is 1. The van der Waals surface area contributed by atoms with Crippen molar-refractivity contribution in [1.82, 2.24) is 19.9 Å². The molecule has 0 unspecified atom stereocenters. The molecule has 0 saturated carbocycles. The van der Waals surface area contributed by atoms with Crippen molar-refractivity contribution in [3.8, 4) is 11.6 Å². The first-order chi connectivity index (χ1) is 18.5. The van der Waals surface area contributed by atoms with Crippen LogP contribution < -0.4 is 15.0 Å². The zero-order valence-electron chi connectivity index (χ0n) is 20.8. The maximum atomic E-state index is 15.3. The molecule has 2 saturated heterocycles. The molecule has 1 amide bonds. The van der Waals surface area contributed by atoms with E-state index in [4.69, 9.17) is 9.47 Å². The van der Waals surface area contributed by atoms with Gasteiger partial charge in [-0.2, -0.15) is 0 Å². The van der Waals surface area contributed by atoms with E-state index in [1.807, 2.05) is 24.3 Å². The third kappa shape index (κ3) is 4.49. The monoisotopic (exact) mass is 520 g/mol. The standard InChI is InChI=1S/C27H26F2N6O3/c1-16-12-19-23(29)21(14-20(28)24(19)32-16)38-26-22(27(36)35-6-3-7-35)25(30-15-31-26)33-17-4-2-5-18(13-17)34-8-10-37-11-9-34/h2,4-5,12-15,32H,3,6-11H2,1H3,(H,30,31,33). The van der Waals surface area contributed by atoms with Crippen LogP contribution in [0.2, 0.25) is 0 Å². The average molecular weight is 521 g/mol. The first kappa shape index (κ1) is 24.1. The van der Waals surface area contributed by atoms with Crippen LogP contribution in [0.3, 0.4) is 0 Å². The summed E-state index contributed by atoms with van der Waals surface area (Å²) in [6.45, 7) is 5.74. The number of carbonyl (C=O) groups excluding carboxylic acids is 1. The molecule has 2 aromatic carbocycles. The Morgan fingerprint density at radius 1 is 1.11 bits per heavy atom. The number of fused-ring (bicyclic) bond motifs is 1. The molecule has 0 bridgehead atoms. The smallest absolute Gasteiger partial charge is 0.263 e. The van der Waals surface area contributed by atoms with E-state index in [1.165, 1.54) is 12.4 Å². The fourth-order valence-electron chi connectivity index (χ4n) is 4.66. The highest BCUT2D eigenvalue weighted by Crippen LogP contribution is 2.36. The molecule has 0 radical (unpaired) electrons. The van der Waals surface area contributed by atoms with Gasteiger partial charge in [0, 0.05) is 54.7 Å². The van der Waals surface area contributed by atoms with Crippen LogP contribution in [0.5, 0.6) is 11.6 Å². The molecule has 2 N–H and O–H groups in total.